The molecule has 0 saturated carbocycles. The van der Waals surface area contributed by atoms with Crippen LogP contribution in [0.3, 0.4) is 0 Å². The first-order valence-electron chi connectivity index (χ1n) is 5.52. The number of rotatable bonds is 3. The molecule has 2 rings (SSSR count). The van der Waals surface area contributed by atoms with E-state index in [0.717, 1.165) is 11.1 Å². The van der Waals surface area contributed by atoms with Crippen molar-refractivity contribution in [3.05, 3.63) is 46.8 Å². The van der Waals surface area contributed by atoms with E-state index in [1.54, 1.807) is 24.6 Å². The van der Waals surface area contributed by atoms with Gasteiger partial charge in [-0.1, -0.05) is 23.8 Å². The largest absolute Gasteiger partial charge is 0.273 e. The molecule has 0 atom stereocenters. The molecule has 1 heterocycles. The van der Waals surface area contributed by atoms with Crippen molar-refractivity contribution in [2.45, 2.75) is 18.1 Å². The zero-order chi connectivity index (χ0) is 13.3. The summed E-state index contributed by atoms with van der Waals surface area (Å²) in [5.74, 6) is 0. The summed E-state index contributed by atoms with van der Waals surface area (Å²) < 4.78 is 26.4. The lowest BCUT2D eigenvalue weighted by Gasteiger charge is -2.20. The van der Waals surface area contributed by atoms with E-state index >= 15 is 0 Å². The highest BCUT2D eigenvalue weighted by molar-refractivity contribution is 7.94. The van der Waals surface area contributed by atoms with E-state index < -0.39 is 10.0 Å². The van der Waals surface area contributed by atoms with Crippen LogP contribution in [0.1, 0.15) is 11.1 Å². The van der Waals surface area contributed by atoms with E-state index in [1.807, 2.05) is 32.0 Å². The maximum Gasteiger partial charge on any atom is 0.273 e. The molecule has 18 heavy (non-hydrogen) atoms. The molecule has 0 spiro atoms. The highest BCUT2D eigenvalue weighted by Crippen LogP contribution is 2.27. The van der Waals surface area contributed by atoms with Crippen LogP contribution in [0, 0.1) is 13.8 Å². The maximum atomic E-state index is 12.4. The van der Waals surface area contributed by atoms with Gasteiger partial charge < -0.3 is 0 Å². The SMILES string of the molecule is Cc1ccc(N(C)S(=O)(=O)c2cccs2)c(C)c1. The summed E-state index contributed by atoms with van der Waals surface area (Å²) in [6.07, 6.45) is 0. The van der Waals surface area contributed by atoms with Gasteiger partial charge in [-0.3, -0.25) is 4.31 Å². The van der Waals surface area contributed by atoms with Crippen molar-refractivity contribution in [2.24, 2.45) is 0 Å². The minimum atomic E-state index is -3.43. The van der Waals surface area contributed by atoms with Crippen LogP contribution in [-0.2, 0) is 10.0 Å². The van der Waals surface area contributed by atoms with Gasteiger partial charge in [-0.05, 0) is 36.9 Å². The van der Waals surface area contributed by atoms with Gasteiger partial charge in [0.2, 0.25) is 0 Å². The molecule has 0 aliphatic carbocycles. The molecule has 0 saturated heterocycles. The fraction of sp³-hybridized carbons (Fsp3) is 0.231. The predicted octanol–water partition coefficient (Wildman–Crippen LogP) is 3.19. The van der Waals surface area contributed by atoms with E-state index in [2.05, 4.69) is 0 Å². The van der Waals surface area contributed by atoms with Gasteiger partial charge in [0.15, 0.2) is 0 Å². The second kappa shape index (κ2) is 4.74. The number of sulfonamides is 1. The molecule has 5 heteroatoms. The van der Waals surface area contributed by atoms with Crippen LogP contribution in [0.25, 0.3) is 0 Å². The first-order valence-corrected chi connectivity index (χ1v) is 7.84. The Morgan fingerprint density at radius 3 is 2.44 bits per heavy atom. The van der Waals surface area contributed by atoms with Gasteiger partial charge in [-0.25, -0.2) is 8.42 Å². The van der Waals surface area contributed by atoms with Crippen molar-refractivity contribution in [3.63, 3.8) is 0 Å². The standard InChI is InChI=1S/C13H15NO2S2/c1-10-6-7-12(11(2)9-10)14(3)18(15,16)13-5-4-8-17-13/h4-9H,1-3H3. The quantitative estimate of drug-likeness (QED) is 0.866. The fourth-order valence-electron chi connectivity index (χ4n) is 1.83. The minimum Gasteiger partial charge on any atom is -0.268 e. The van der Waals surface area contributed by atoms with E-state index in [1.165, 1.54) is 15.6 Å². The molecule has 0 bridgehead atoms. The minimum absolute atomic E-state index is 0.366. The summed E-state index contributed by atoms with van der Waals surface area (Å²) in [5, 5.41) is 1.77. The van der Waals surface area contributed by atoms with Crippen LogP contribution in [0.15, 0.2) is 39.9 Å². The topological polar surface area (TPSA) is 37.4 Å². The molecule has 0 N–H and O–H groups in total. The monoisotopic (exact) mass is 281 g/mol. The van der Waals surface area contributed by atoms with Gasteiger partial charge in [0.1, 0.15) is 4.21 Å². The number of hydrogen-bond donors (Lipinski definition) is 0. The molecule has 0 aliphatic rings. The van der Waals surface area contributed by atoms with E-state index in [4.69, 9.17) is 0 Å². The highest BCUT2D eigenvalue weighted by Gasteiger charge is 2.23. The zero-order valence-corrected chi connectivity index (χ0v) is 12.2. The number of aryl methyl sites for hydroxylation is 2. The van der Waals surface area contributed by atoms with Crippen LogP contribution in [-0.4, -0.2) is 15.5 Å². The van der Waals surface area contributed by atoms with Crippen molar-refractivity contribution in [1.29, 1.82) is 0 Å². The smallest absolute Gasteiger partial charge is 0.268 e. The molecule has 1 aromatic heterocycles. The van der Waals surface area contributed by atoms with Crippen molar-refractivity contribution in [1.82, 2.24) is 0 Å². The summed E-state index contributed by atoms with van der Waals surface area (Å²) >= 11 is 1.23. The predicted molar refractivity (Wildman–Crippen MR) is 75.8 cm³/mol. The molecule has 2 aromatic rings. The molecule has 0 unspecified atom stereocenters. The summed E-state index contributed by atoms with van der Waals surface area (Å²) in [4.78, 5) is 0. The Morgan fingerprint density at radius 2 is 1.89 bits per heavy atom. The lowest BCUT2D eigenvalue weighted by molar-refractivity contribution is 0.596. The highest BCUT2D eigenvalue weighted by atomic mass is 32.2. The Balaban J connectivity index is 2.46. The molecule has 1 aromatic carbocycles. The summed E-state index contributed by atoms with van der Waals surface area (Å²) in [6.45, 7) is 3.91. The molecule has 0 aliphatic heterocycles. The van der Waals surface area contributed by atoms with Gasteiger partial charge in [-0.15, -0.1) is 11.3 Å². The number of hydrogen-bond acceptors (Lipinski definition) is 3. The van der Waals surface area contributed by atoms with Crippen LogP contribution < -0.4 is 4.31 Å². The number of benzene rings is 1. The number of thiophene rings is 1. The van der Waals surface area contributed by atoms with Crippen molar-refractivity contribution < 1.29 is 8.42 Å². The summed E-state index contributed by atoms with van der Waals surface area (Å²) in [7, 11) is -1.84. The average Bonchev–Trinajstić information content (AvgIpc) is 2.82. The van der Waals surface area contributed by atoms with Crippen molar-refractivity contribution >= 4 is 27.0 Å². The normalized spacial score (nSPS) is 11.5. The third-order valence-electron chi connectivity index (χ3n) is 2.80. The van der Waals surface area contributed by atoms with Crippen molar-refractivity contribution in [2.75, 3.05) is 11.4 Å². The lowest BCUT2D eigenvalue weighted by atomic mass is 10.1. The van der Waals surface area contributed by atoms with E-state index in [-0.39, 0.29) is 0 Å². The summed E-state index contributed by atoms with van der Waals surface area (Å²) in [5.41, 5.74) is 2.80. The molecular formula is C13H15NO2S2. The lowest BCUT2D eigenvalue weighted by Crippen LogP contribution is -2.26. The van der Waals surface area contributed by atoms with Gasteiger partial charge in [0.05, 0.1) is 5.69 Å². The Bertz CT molecular complexity index is 646. The Labute approximate surface area is 112 Å². The fourth-order valence-corrected chi connectivity index (χ4v) is 4.25. The van der Waals surface area contributed by atoms with Gasteiger partial charge in [-0.2, -0.15) is 0 Å². The number of anilines is 1. The van der Waals surface area contributed by atoms with Crippen LogP contribution in [0.4, 0.5) is 5.69 Å². The molecule has 3 nitrogen and oxygen atoms in total. The van der Waals surface area contributed by atoms with E-state index in [0.29, 0.717) is 9.90 Å². The summed E-state index contributed by atoms with van der Waals surface area (Å²) in [6, 6.07) is 9.11. The second-order valence-corrected chi connectivity index (χ2v) is 7.34. The first-order chi connectivity index (χ1) is 8.43. The van der Waals surface area contributed by atoms with Gasteiger partial charge >= 0.3 is 0 Å². The Kier molecular flexibility index (Phi) is 3.45. The van der Waals surface area contributed by atoms with E-state index in [9.17, 15) is 8.42 Å². The first kappa shape index (κ1) is 13.1. The maximum absolute atomic E-state index is 12.4. The number of nitrogens with zero attached hydrogens (tertiary/aromatic N) is 1. The second-order valence-electron chi connectivity index (χ2n) is 4.19. The average molecular weight is 281 g/mol. The van der Waals surface area contributed by atoms with Crippen molar-refractivity contribution in [3.8, 4) is 0 Å². The molecule has 96 valence electrons. The third-order valence-corrected chi connectivity index (χ3v) is 5.95. The molecule has 0 radical (unpaired) electrons. The van der Waals surface area contributed by atoms with Crippen LogP contribution >= 0.6 is 11.3 Å². The van der Waals surface area contributed by atoms with Gasteiger partial charge in [0.25, 0.3) is 10.0 Å². The third kappa shape index (κ3) is 2.28. The van der Waals surface area contributed by atoms with Crippen LogP contribution in [0.2, 0.25) is 0 Å². The Hall–Kier alpha value is -1.33. The molecule has 0 fully saturated rings. The molecule has 0 amide bonds. The zero-order valence-electron chi connectivity index (χ0n) is 10.5. The van der Waals surface area contributed by atoms with Crippen LogP contribution in [0.5, 0.6) is 0 Å². The van der Waals surface area contributed by atoms with Gasteiger partial charge in [0, 0.05) is 7.05 Å². The molecular weight excluding hydrogens is 266 g/mol. The Morgan fingerprint density at radius 1 is 1.17 bits per heavy atom.